The van der Waals surface area contributed by atoms with Crippen LogP contribution >= 0.6 is 23.2 Å². The van der Waals surface area contributed by atoms with E-state index in [1.807, 2.05) is 24.3 Å². The van der Waals surface area contributed by atoms with Crippen LogP contribution in [0.15, 0.2) is 36.4 Å². The van der Waals surface area contributed by atoms with Crippen molar-refractivity contribution in [1.82, 2.24) is 0 Å². The van der Waals surface area contributed by atoms with E-state index in [2.05, 4.69) is 10.2 Å². The zero-order valence-electron chi connectivity index (χ0n) is 13.3. The molecule has 0 spiro atoms. The Balaban J connectivity index is 1.91. The minimum atomic E-state index is -0.303. The van der Waals surface area contributed by atoms with E-state index >= 15 is 0 Å². The molecule has 0 bridgehead atoms. The van der Waals surface area contributed by atoms with Gasteiger partial charge in [-0.1, -0.05) is 35.3 Å². The largest absolute Gasteiger partial charge is 0.494 e. The molecule has 6 heteroatoms. The molecule has 24 heavy (non-hydrogen) atoms. The first-order chi connectivity index (χ1) is 11.6. The van der Waals surface area contributed by atoms with Crippen molar-refractivity contribution in [1.29, 1.82) is 0 Å². The zero-order valence-corrected chi connectivity index (χ0v) is 14.8. The van der Waals surface area contributed by atoms with Gasteiger partial charge in [0.15, 0.2) is 0 Å². The van der Waals surface area contributed by atoms with E-state index in [9.17, 15) is 4.79 Å². The molecule has 3 rings (SSSR count). The molecule has 0 saturated carbocycles. The minimum Gasteiger partial charge on any atom is -0.494 e. The summed E-state index contributed by atoms with van der Waals surface area (Å²) in [6, 6.07) is 10.9. The number of nitrogens with zero attached hydrogens (tertiary/aromatic N) is 1. The smallest absolute Gasteiger partial charge is 0.259 e. The van der Waals surface area contributed by atoms with Crippen LogP contribution < -0.4 is 15.0 Å². The van der Waals surface area contributed by atoms with Gasteiger partial charge in [-0.15, -0.1) is 0 Å². The van der Waals surface area contributed by atoms with E-state index in [4.69, 9.17) is 27.9 Å². The van der Waals surface area contributed by atoms with Crippen molar-refractivity contribution in [2.24, 2.45) is 0 Å². The predicted octanol–water partition coefficient (Wildman–Crippen LogP) is 4.85. The summed E-state index contributed by atoms with van der Waals surface area (Å²) in [5.41, 5.74) is 2.10. The normalized spacial score (nSPS) is 13.9. The molecule has 1 aliphatic rings. The first-order valence-electron chi connectivity index (χ1n) is 7.78. The summed E-state index contributed by atoms with van der Waals surface area (Å²) >= 11 is 12.2. The van der Waals surface area contributed by atoms with Crippen molar-refractivity contribution in [3.8, 4) is 5.75 Å². The van der Waals surface area contributed by atoms with Crippen LogP contribution in [0.4, 0.5) is 11.4 Å². The zero-order chi connectivity index (χ0) is 17.1. The lowest BCUT2D eigenvalue weighted by molar-refractivity contribution is 0.102. The number of methoxy groups -OCH3 is 1. The molecule has 0 aromatic heterocycles. The van der Waals surface area contributed by atoms with Gasteiger partial charge in [0.05, 0.1) is 29.1 Å². The summed E-state index contributed by atoms with van der Waals surface area (Å²) in [7, 11) is 1.48. The summed E-state index contributed by atoms with van der Waals surface area (Å²) in [5.74, 6) is 0.0140. The molecule has 1 fully saturated rings. The molecule has 0 aliphatic carbocycles. The van der Waals surface area contributed by atoms with Crippen molar-refractivity contribution in [3.63, 3.8) is 0 Å². The molecule has 0 atom stereocenters. The Bertz CT molecular complexity index is 759. The van der Waals surface area contributed by atoms with Crippen LogP contribution in [-0.4, -0.2) is 26.1 Å². The van der Waals surface area contributed by atoms with Gasteiger partial charge in [0.2, 0.25) is 0 Å². The Labute approximate surface area is 151 Å². The fraction of sp³-hybridized carbons (Fsp3) is 0.278. The molecule has 2 aromatic rings. The number of carbonyl (C=O) groups excluding carboxylic acids is 1. The summed E-state index contributed by atoms with van der Waals surface area (Å²) in [6.07, 6.45) is 2.33. The monoisotopic (exact) mass is 364 g/mol. The molecule has 0 radical (unpaired) electrons. The third-order valence-electron chi connectivity index (χ3n) is 4.06. The predicted molar refractivity (Wildman–Crippen MR) is 98.9 cm³/mol. The van der Waals surface area contributed by atoms with E-state index in [1.165, 1.54) is 20.0 Å². The van der Waals surface area contributed by atoms with Gasteiger partial charge in [-0.25, -0.2) is 0 Å². The van der Waals surface area contributed by atoms with Crippen molar-refractivity contribution in [2.75, 3.05) is 30.4 Å². The average Bonchev–Trinajstić information content (AvgIpc) is 3.09. The van der Waals surface area contributed by atoms with Gasteiger partial charge in [0.25, 0.3) is 5.91 Å². The Morgan fingerprint density at radius 2 is 1.88 bits per heavy atom. The van der Waals surface area contributed by atoms with Crippen LogP contribution in [0.5, 0.6) is 5.75 Å². The first kappa shape index (κ1) is 16.9. The Morgan fingerprint density at radius 3 is 2.58 bits per heavy atom. The Kier molecular flexibility index (Phi) is 5.17. The number of nitrogens with one attached hydrogen (secondary N) is 1. The number of hydrogen-bond donors (Lipinski definition) is 1. The molecule has 126 valence electrons. The highest BCUT2D eigenvalue weighted by Gasteiger charge is 2.20. The molecular formula is C18H18Cl2N2O2. The second-order valence-electron chi connectivity index (χ2n) is 5.63. The molecule has 4 nitrogen and oxygen atoms in total. The van der Waals surface area contributed by atoms with Gasteiger partial charge in [0, 0.05) is 18.1 Å². The quantitative estimate of drug-likeness (QED) is 0.842. The summed E-state index contributed by atoms with van der Waals surface area (Å²) in [5, 5.41) is 3.65. The van der Waals surface area contributed by atoms with Crippen LogP contribution in [0, 0.1) is 0 Å². The van der Waals surface area contributed by atoms with Crippen molar-refractivity contribution >= 4 is 40.5 Å². The van der Waals surface area contributed by atoms with Crippen molar-refractivity contribution in [3.05, 3.63) is 52.0 Å². The number of halogens is 2. The highest BCUT2D eigenvalue weighted by atomic mass is 35.5. The van der Waals surface area contributed by atoms with Crippen LogP contribution in [0.1, 0.15) is 23.2 Å². The lowest BCUT2D eigenvalue weighted by atomic mass is 10.1. The average molecular weight is 365 g/mol. The van der Waals surface area contributed by atoms with E-state index in [1.54, 1.807) is 12.1 Å². The fourth-order valence-corrected chi connectivity index (χ4v) is 3.51. The minimum absolute atomic E-state index is 0.303. The van der Waals surface area contributed by atoms with E-state index < -0.39 is 0 Å². The number of benzene rings is 2. The number of para-hydroxylation sites is 2. The van der Waals surface area contributed by atoms with Crippen LogP contribution in [0.25, 0.3) is 0 Å². The van der Waals surface area contributed by atoms with E-state index in [0.29, 0.717) is 21.4 Å². The van der Waals surface area contributed by atoms with Gasteiger partial charge < -0.3 is 15.0 Å². The van der Waals surface area contributed by atoms with E-state index in [0.717, 1.165) is 24.5 Å². The molecule has 2 aromatic carbocycles. The maximum Gasteiger partial charge on any atom is 0.259 e. The second kappa shape index (κ2) is 7.32. The lowest BCUT2D eigenvalue weighted by Gasteiger charge is -2.21. The molecular weight excluding hydrogens is 347 g/mol. The maximum absolute atomic E-state index is 12.7. The van der Waals surface area contributed by atoms with Gasteiger partial charge in [-0.05, 0) is 37.1 Å². The molecule has 1 N–H and O–H groups in total. The number of carbonyl (C=O) groups is 1. The number of amides is 1. The third kappa shape index (κ3) is 3.45. The lowest BCUT2D eigenvalue weighted by Crippen LogP contribution is -2.21. The topological polar surface area (TPSA) is 41.6 Å². The second-order valence-corrected chi connectivity index (χ2v) is 6.48. The maximum atomic E-state index is 12.7. The molecule has 1 heterocycles. The Morgan fingerprint density at radius 1 is 1.17 bits per heavy atom. The number of anilines is 2. The standard InChI is InChI=1S/C18H18Cl2N2O2/c1-24-17-13(10-12(19)11-14(17)20)18(23)21-15-6-2-3-7-16(15)22-8-4-5-9-22/h2-3,6-7,10-11H,4-5,8-9H2,1H3,(H,21,23). The van der Waals surface area contributed by atoms with Crippen molar-refractivity contribution in [2.45, 2.75) is 12.8 Å². The molecule has 1 amide bonds. The molecule has 0 unspecified atom stereocenters. The fourth-order valence-electron chi connectivity index (χ4n) is 2.94. The van der Waals surface area contributed by atoms with Gasteiger partial charge >= 0.3 is 0 Å². The van der Waals surface area contributed by atoms with Crippen molar-refractivity contribution < 1.29 is 9.53 Å². The third-order valence-corrected chi connectivity index (χ3v) is 4.56. The van der Waals surface area contributed by atoms with Gasteiger partial charge in [-0.2, -0.15) is 0 Å². The Hall–Kier alpha value is -1.91. The van der Waals surface area contributed by atoms with Crippen LogP contribution in [-0.2, 0) is 0 Å². The number of rotatable bonds is 4. The van der Waals surface area contributed by atoms with Gasteiger partial charge in [0.1, 0.15) is 5.75 Å². The number of hydrogen-bond acceptors (Lipinski definition) is 3. The molecule has 1 aliphatic heterocycles. The first-order valence-corrected chi connectivity index (χ1v) is 8.54. The van der Waals surface area contributed by atoms with E-state index in [-0.39, 0.29) is 5.91 Å². The summed E-state index contributed by atoms with van der Waals surface area (Å²) in [6.45, 7) is 2.00. The molecule has 1 saturated heterocycles. The summed E-state index contributed by atoms with van der Waals surface area (Å²) in [4.78, 5) is 15.0. The summed E-state index contributed by atoms with van der Waals surface area (Å²) < 4.78 is 5.26. The van der Waals surface area contributed by atoms with Crippen LogP contribution in [0.3, 0.4) is 0 Å². The van der Waals surface area contributed by atoms with Crippen LogP contribution in [0.2, 0.25) is 10.0 Å². The van der Waals surface area contributed by atoms with Gasteiger partial charge in [-0.3, -0.25) is 4.79 Å². The highest BCUT2D eigenvalue weighted by Crippen LogP contribution is 2.34. The number of ether oxygens (including phenoxy) is 1. The SMILES string of the molecule is COc1c(Cl)cc(Cl)cc1C(=O)Nc1ccccc1N1CCCC1. The highest BCUT2D eigenvalue weighted by molar-refractivity contribution is 6.36.